The van der Waals surface area contributed by atoms with Gasteiger partial charge in [0.05, 0.1) is 14.2 Å². The van der Waals surface area contributed by atoms with Gasteiger partial charge in [-0.3, -0.25) is 4.79 Å². The molecule has 1 aromatic heterocycles. The molecule has 1 rings (SSSR count). The van der Waals surface area contributed by atoms with Crippen LogP contribution in [0, 0.1) is 0 Å². The van der Waals surface area contributed by atoms with Crippen LogP contribution in [0.5, 0.6) is 11.8 Å². The maximum Gasteiger partial charge on any atom is 0.248 e. The molecule has 5 heteroatoms. The van der Waals surface area contributed by atoms with Crippen LogP contribution in [0.15, 0.2) is 18.7 Å². The highest BCUT2D eigenvalue weighted by Gasteiger charge is 2.09. The number of hydrogen-bond donors (Lipinski definition) is 1. The number of amides is 1. The van der Waals surface area contributed by atoms with Crippen molar-refractivity contribution in [3.05, 3.63) is 24.3 Å². The monoisotopic (exact) mass is 208 g/mol. The number of primary amides is 1. The topological polar surface area (TPSA) is 74.4 Å². The minimum Gasteiger partial charge on any atom is -0.481 e. The third kappa shape index (κ3) is 2.46. The van der Waals surface area contributed by atoms with Crippen molar-refractivity contribution < 1.29 is 14.3 Å². The number of carbonyl (C=O) groups is 1. The highest BCUT2D eigenvalue weighted by molar-refractivity contribution is 6.17. The van der Waals surface area contributed by atoms with Gasteiger partial charge in [0, 0.05) is 17.7 Å². The molecule has 0 unspecified atom stereocenters. The Hall–Kier alpha value is -2.04. The lowest BCUT2D eigenvalue weighted by molar-refractivity contribution is -0.112. The van der Waals surface area contributed by atoms with E-state index >= 15 is 0 Å². The molecule has 80 valence electrons. The van der Waals surface area contributed by atoms with E-state index in [0.717, 1.165) is 0 Å². The molecule has 0 radical (unpaired) electrons. The first-order valence-corrected chi connectivity index (χ1v) is 4.17. The van der Waals surface area contributed by atoms with Crippen molar-refractivity contribution in [3.63, 3.8) is 0 Å². The van der Waals surface area contributed by atoms with E-state index in [2.05, 4.69) is 11.6 Å². The molecule has 0 aliphatic carbocycles. The predicted octanol–water partition coefficient (Wildman–Crippen LogP) is 0.597. The molecule has 0 aromatic carbocycles. The highest BCUT2D eigenvalue weighted by Crippen LogP contribution is 2.22. The zero-order chi connectivity index (χ0) is 11.4. The summed E-state index contributed by atoms with van der Waals surface area (Å²) in [6, 6.07) is 3.13. The molecule has 2 N–H and O–H groups in total. The number of nitrogens with two attached hydrogens (primary N) is 1. The number of hydrogen-bond acceptors (Lipinski definition) is 4. The smallest absolute Gasteiger partial charge is 0.248 e. The predicted molar refractivity (Wildman–Crippen MR) is 55.6 cm³/mol. The summed E-state index contributed by atoms with van der Waals surface area (Å²) in [5.41, 5.74) is 5.83. The molecule has 0 bridgehead atoms. The van der Waals surface area contributed by atoms with Crippen LogP contribution in [0.2, 0.25) is 0 Å². The molecular formula is C10H12N2O3. The van der Waals surface area contributed by atoms with Gasteiger partial charge >= 0.3 is 0 Å². The maximum absolute atomic E-state index is 10.9. The average molecular weight is 208 g/mol. The molecule has 0 saturated carbocycles. The van der Waals surface area contributed by atoms with E-state index < -0.39 is 5.91 Å². The van der Waals surface area contributed by atoms with Gasteiger partial charge in [-0.2, -0.15) is 4.98 Å². The first-order valence-electron chi connectivity index (χ1n) is 4.17. The maximum atomic E-state index is 10.9. The second kappa shape index (κ2) is 4.45. The lowest BCUT2D eigenvalue weighted by Crippen LogP contribution is -2.12. The minimum absolute atomic E-state index is 0.189. The molecule has 1 heterocycles. The Balaban J connectivity index is 3.17. The molecule has 0 fully saturated rings. The third-order valence-corrected chi connectivity index (χ3v) is 1.84. The van der Waals surface area contributed by atoms with E-state index in [1.165, 1.54) is 14.2 Å². The van der Waals surface area contributed by atoms with E-state index in [9.17, 15) is 4.79 Å². The van der Waals surface area contributed by atoms with Crippen LogP contribution in [0.1, 0.15) is 5.56 Å². The van der Waals surface area contributed by atoms with Crippen molar-refractivity contribution in [3.8, 4) is 11.8 Å². The molecule has 1 aromatic rings. The van der Waals surface area contributed by atoms with Crippen molar-refractivity contribution in [1.82, 2.24) is 4.98 Å². The number of aromatic nitrogens is 1. The standard InChI is InChI=1S/C10H12N2O3/c1-6(10(11)13)7-4-8(14-2)12-9(5-7)15-3/h4-5H,1H2,2-3H3,(H2,11,13). The number of carbonyl (C=O) groups excluding carboxylic acids is 1. The molecule has 0 saturated heterocycles. The van der Waals surface area contributed by atoms with Crippen LogP contribution in [0.25, 0.3) is 5.57 Å². The van der Waals surface area contributed by atoms with E-state index in [0.29, 0.717) is 17.3 Å². The van der Waals surface area contributed by atoms with Gasteiger partial charge in [-0.1, -0.05) is 6.58 Å². The fourth-order valence-electron chi connectivity index (χ4n) is 1.01. The average Bonchev–Trinajstić information content (AvgIpc) is 2.27. The Morgan fingerprint density at radius 3 is 2.13 bits per heavy atom. The molecule has 0 spiro atoms. The molecule has 0 aliphatic rings. The van der Waals surface area contributed by atoms with E-state index in [4.69, 9.17) is 15.2 Å². The summed E-state index contributed by atoms with van der Waals surface area (Å²) < 4.78 is 9.89. The normalized spacial score (nSPS) is 9.47. The number of nitrogens with zero attached hydrogens (tertiary/aromatic N) is 1. The summed E-state index contributed by atoms with van der Waals surface area (Å²) >= 11 is 0. The van der Waals surface area contributed by atoms with Gasteiger partial charge in [-0.15, -0.1) is 0 Å². The van der Waals surface area contributed by atoms with Crippen molar-refractivity contribution in [2.24, 2.45) is 5.73 Å². The van der Waals surface area contributed by atoms with Gasteiger partial charge in [-0.25, -0.2) is 0 Å². The number of pyridine rings is 1. The molecular weight excluding hydrogens is 196 g/mol. The second-order valence-corrected chi connectivity index (χ2v) is 2.78. The summed E-state index contributed by atoms with van der Waals surface area (Å²) in [6.07, 6.45) is 0. The van der Waals surface area contributed by atoms with Crippen molar-refractivity contribution in [1.29, 1.82) is 0 Å². The van der Waals surface area contributed by atoms with Gasteiger partial charge in [0.2, 0.25) is 17.7 Å². The molecule has 5 nitrogen and oxygen atoms in total. The lowest BCUT2D eigenvalue weighted by Gasteiger charge is -2.07. The Morgan fingerprint density at radius 2 is 1.80 bits per heavy atom. The first-order chi connectivity index (χ1) is 7.08. The fraction of sp³-hybridized carbons (Fsp3) is 0.200. The molecule has 0 aliphatic heterocycles. The molecule has 0 atom stereocenters. The lowest BCUT2D eigenvalue weighted by atomic mass is 10.1. The summed E-state index contributed by atoms with van der Waals surface area (Å²) in [5.74, 6) is 0.0869. The molecule has 15 heavy (non-hydrogen) atoms. The van der Waals surface area contributed by atoms with Gasteiger partial charge < -0.3 is 15.2 Å². The van der Waals surface area contributed by atoms with E-state index in [1.807, 2.05) is 0 Å². The van der Waals surface area contributed by atoms with Crippen molar-refractivity contribution in [2.75, 3.05) is 14.2 Å². The number of ether oxygens (including phenoxy) is 2. The number of methoxy groups -OCH3 is 2. The first kappa shape index (κ1) is 11.0. The Bertz CT molecular complexity index is 379. The van der Waals surface area contributed by atoms with Crippen molar-refractivity contribution >= 4 is 11.5 Å². The summed E-state index contributed by atoms with van der Waals surface area (Å²) in [5, 5.41) is 0. The van der Waals surface area contributed by atoms with Crippen molar-refractivity contribution in [2.45, 2.75) is 0 Å². The zero-order valence-corrected chi connectivity index (χ0v) is 8.61. The Labute approximate surface area is 87.5 Å². The third-order valence-electron chi connectivity index (χ3n) is 1.84. The minimum atomic E-state index is -0.592. The summed E-state index contributed by atoms with van der Waals surface area (Å²) in [7, 11) is 2.94. The van der Waals surface area contributed by atoms with Crippen LogP contribution < -0.4 is 15.2 Å². The summed E-state index contributed by atoms with van der Waals surface area (Å²) in [4.78, 5) is 14.9. The Kier molecular flexibility index (Phi) is 3.28. The quantitative estimate of drug-likeness (QED) is 0.735. The number of rotatable bonds is 4. The van der Waals surface area contributed by atoms with Crippen LogP contribution in [0.3, 0.4) is 0 Å². The van der Waals surface area contributed by atoms with Gasteiger partial charge in [0.25, 0.3) is 0 Å². The largest absolute Gasteiger partial charge is 0.481 e. The van der Waals surface area contributed by atoms with E-state index in [1.54, 1.807) is 12.1 Å². The summed E-state index contributed by atoms with van der Waals surface area (Å²) in [6.45, 7) is 3.56. The SMILES string of the molecule is C=C(C(N)=O)c1cc(OC)nc(OC)c1. The van der Waals surface area contributed by atoms with Gasteiger partial charge in [0.15, 0.2) is 0 Å². The Morgan fingerprint density at radius 1 is 1.33 bits per heavy atom. The van der Waals surface area contributed by atoms with Crippen LogP contribution in [0.4, 0.5) is 0 Å². The second-order valence-electron chi connectivity index (χ2n) is 2.78. The van der Waals surface area contributed by atoms with Crippen LogP contribution in [-0.2, 0) is 4.79 Å². The highest BCUT2D eigenvalue weighted by atomic mass is 16.5. The molecule has 1 amide bonds. The fourth-order valence-corrected chi connectivity index (χ4v) is 1.01. The van der Waals surface area contributed by atoms with Gasteiger partial charge in [-0.05, 0) is 5.56 Å². The van der Waals surface area contributed by atoms with Gasteiger partial charge in [0.1, 0.15) is 0 Å². The van der Waals surface area contributed by atoms with Crippen LogP contribution in [-0.4, -0.2) is 25.1 Å². The van der Waals surface area contributed by atoms with E-state index in [-0.39, 0.29) is 5.57 Å². The van der Waals surface area contributed by atoms with Crippen LogP contribution >= 0.6 is 0 Å². The zero-order valence-electron chi connectivity index (χ0n) is 8.61.